The molecule has 3 rings (SSSR count). The van der Waals surface area contributed by atoms with Gasteiger partial charge in [-0.15, -0.1) is 13.2 Å². The Hall–Kier alpha value is -1.60. The molecule has 4 nitrogen and oxygen atoms in total. The van der Waals surface area contributed by atoms with E-state index in [2.05, 4.69) is 10.1 Å². The average Bonchev–Trinajstić information content (AvgIpc) is 2.45. The van der Waals surface area contributed by atoms with E-state index in [1.165, 1.54) is 18.2 Å². The number of ketones is 1. The van der Waals surface area contributed by atoms with Crippen LogP contribution in [0.2, 0.25) is 0 Å². The molecule has 1 aromatic carbocycles. The minimum absolute atomic E-state index is 0.00860. The molecule has 1 N–H and O–H groups in total. The molecular weight excluding hydrogens is 299 g/mol. The van der Waals surface area contributed by atoms with Crippen LogP contribution in [0.3, 0.4) is 0 Å². The second kappa shape index (κ2) is 5.89. The first-order valence-electron chi connectivity index (χ1n) is 7.15. The molecule has 2 unspecified atom stereocenters. The van der Waals surface area contributed by atoms with Crippen molar-refractivity contribution in [3.8, 4) is 5.75 Å². The Morgan fingerprint density at radius 1 is 1.18 bits per heavy atom. The molecular formula is C15H16F3NO3. The Kier molecular flexibility index (Phi) is 4.10. The summed E-state index contributed by atoms with van der Waals surface area (Å²) in [5, 5.41) is 3.35. The Morgan fingerprint density at radius 3 is 2.45 bits per heavy atom. The van der Waals surface area contributed by atoms with Crippen molar-refractivity contribution in [1.29, 1.82) is 0 Å². The molecule has 0 spiro atoms. The van der Waals surface area contributed by atoms with Crippen molar-refractivity contribution in [2.75, 3.05) is 13.2 Å². The fourth-order valence-corrected chi connectivity index (χ4v) is 3.16. The molecule has 0 saturated carbocycles. The average molecular weight is 315 g/mol. The zero-order chi connectivity index (χ0) is 15.7. The lowest BCUT2D eigenvalue weighted by Gasteiger charge is -2.39. The lowest BCUT2D eigenvalue weighted by atomic mass is 9.82. The topological polar surface area (TPSA) is 47.6 Å². The molecule has 0 aromatic heterocycles. The molecule has 120 valence electrons. The van der Waals surface area contributed by atoms with Gasteiger partial charge in [-0.3, -0.25) is 4.79 Å². The highest BCUT2D eigenvalue weighted by Crippen LogP contribution is 2.32. The van der Waals surface area contributed by atoms with Crippen molar-refractivity contribution in [1.82, 2.24) is 5.32 Å². The van der Waals surface area contributed by atoms with Crippen LogP contribution in [0.15, 0.2) is 24.3 Å². The second-order valence-electron chi connectivity index (χ2n) is 5.67. The van der Waals surface area contributed by atoms with Crippen LogP contribution in [0, 0.1) is 5.92 Å². The summed E-state index contributed by atoms with van der Waals surface area (Å²) in [7, 11) is 0. The third-order valence-corrected chi connectivity index (χ3v) is 4.00. The smallest absolute Gasteiger partial charge is 0.405 e. The summed E-state index contributed by atoms with van der Waals surface area (Å²) in [6.07, 6.45) is -3.68. The molecule has 0 aliphatic carbocycles. The van der Waals surface area contributed by atoms with Gasteiger partial charge < -0.3 is 14.8 Å². The van der Waals surface area contributed by atoms with Gasteiger partial charge >= 0.3 is 6.36 Å². The lowest BCUT2D eigenvalue weighted by Crippen LogP contribution is -2.55. The number of piperidine rings is 1. The van der Waals surface area contributed by atoms with E-state index in [0.29, 0.717) is 26.1 Å². The van der Waals surface area contributed by atoms with Gasteiger partial charge in [0.15, 0.2) is 5.78 Å². The number of halogens is 3. The Morgan fingerprint density at radius 2 is 1.82 bits per heavy atom. The maximum atomic E-state index is 12.6. The third kappa shape index (κ3) is 3.41. The predicted molar refractivity (Wildman–Crippen MR) is 71.7 cm³/mol. The third-order valence-electron chi connectivity index (χ3n) is 4.00. The summed E-state index contributed by atoms with van der Waals surface area (Å²) in [6.45, 7) is 1.06. The van der Waals surface area contributed by atoms with Crippen molar-refractivity contribution in [3.05, 3.63) is 29.8 Å². The number of rotatable bonds is 3. The predicted octanol–water partition coefficient (Wildman–Crippen LogP) is 2.53. The summed E-state index contributed by atoms with van der Waals surface area (Å²) in [5.74, 6) is -1.03. The van der Waals surface area contributed by atoms with E-state index in [9.17, 15) is 18.0 Å². The first-order chi connectivity index (χ1) is 10.4. The van der Waals surface area contributed by atoms with Gasteiger partial charge in [0.05, 0.1) is 18.8 Å². The van der Waals surface area contributed by atoms with Crippen LogP contribution in [0.25, 0.3) is 0 Å². The Bertz CT molecular complexity index is 549. The molecule has 2 heterocycles. The van der Waals surface area contributed by atoms with Crippen LogP contribution in [-0.2, 0) is 4.74 Å². The van der Waals surface area contributed by atoms with Crippen molar-refractivity contribution < 1.29 is 27.4 Å². The number of carbonyl (C=O) groups excluding carboxylic acids is 1. The van der Waals surface area contributed by atoms with Crippen LogP contribution >= 0.6 is 0 Å². The molecule has 2 aliphatic heterocycles. The summed E-state index contributed by atoms with van der Waals surface area (Å²) < 4.78 is 46.8. The Balaban J connectivity index is 1.80. The van der Waals surface area contributed by atoms with Crippen LogP contribution in [0.5, 0.6) is 5.75 Å². The number of hydrogen-bond acceptors (Lipinski definition) is 4. The molecule has 2 fully saturated rings. The van der Waals surface area contributed by atoms with Crippen molar-refractivity contribution in [2.45, 2.75) is 31.3 Å². The zero-order valence-electron chi connectivity index (χ0n) is 11.7. The molecule has 0 radical (unpaired) electrons. The zero-order valence-corrected chi connectivity index (χ0v) is 11.7. The molecule has 7 heteroatoms. The van der Waals surface area contributed by atoms with E-state index >= 15 is 0 Å². The highest BCUT2D eigenvalue weighted by atomic mass is 19.4. The van der Waals surface area contributed by atoms with E-state index in [0.717, 1.165) is 0 Å². The standard InChI is InChI=1S/C15H16F3NO3/c16-15(17,18)22-13-4-2-1-3-12(13)14(20)9-5-10-7-21-8-11(6-9)19-10/h1-4,9-11,19H,5-8H2. The normalized spacial score (nSPS) is 28.2. The summed E-state index contributed by atoms with van der Waals surface area (Å²) in [6, 6.07) is 5.68. The van der Waals surface area contributed by atoms with Gasteiger partial charge in [-0.2, -0.15) is 0 Å². The largest absolute Gasteiger partial charge is 0.573 e. The van der Waals surface area contributed by atoms with E-state index in [4.69, 9.17) is 4.74 Å². The van der Waals surface area contributed by atoms with Crippen LogP contribution < -0.4 is 10.1 Å². The number of carbonyl (C=O) groups is 1. The van der Waals surface area contributed by atoms with Gasteiger partial charge in [0.25, 0.3) is 0 Å². The van der Waals surface area contributed by atoms with Gasteiger partial charge in [-0.05, 0) is 25.0 Å². The van der Waals surface area contributed by atoms with Crippen molar-refractivity contribution in [2.24, 2.45) is 5.92 Å². The van der Waals surface area contributed by atoms with Crippen molar-refractivity contribution >= 4 is 5.78 Å². The minimum atomic E-state index is -4.81. The van der Waals surface area contributed by atoms with Crippen LogP contribution in [0.1, 0.15) is 23.2 Å². The first kappa shape index (κ1) is 15.3. The highest BCUT2D eigenvalue weighted by Gasteiger charge is 2.38. The van der Waals surface area contributed by atoms with E-state index in [-0.39, 0.29) is 29.3 Å². The number of ether oxygens (including phenoxy) is 2. The molecule has 22 heavy (non-hydrogen) atoms. The number of nitrogens with one attached hydrogen (secondary N) is 1. The minimum Gasteiger partial charge on any atom is -0.405 e. The summed E-state index contributed by atoms with van der Waals surface area (Å²) >= 11 is 0. The number of hydrogen-bond donors (Lipinski definition) is 1. The van der Waals surface area contributed by atoms with Gasteiger partial charge in [-0.25, -0.2) is 0 Å². The molecule has 0 amide bonds. The Labute approximate surface area is 125 Å². The van der Waals surface area contributed by atoms with E-state index in [1.807, 2.05) is 0 Å². The SMILES string of the molecule is O=C(c1ccccc1OC(F)(F)F)C1CC2COCC(C1)N2. The molecule has 2 atom stereocenters. The van der Waals surface area contributed by atoms with Crippen molar-refractivity contribution in [3.63, 3.8) is 0 Å². The lowest BCUT2D eigenvalue weighted by molar-refractivity contribution is -0.274. The van der Waals surface area contributed by atoms with E-state index in [1.54, 1.807) is 6.07 Å². The maximum absolute atomic E-state index is 12.6. The number of alkyl halides is 3. The van der Waals surface area contributed by atoms with Crippen LogP contribution in [0.4, 0.5) is 13.2 Å². The number of fused-ring (bicyclic) bond motifs is 2. The number of morpholine rings is 1. The molecule has 2 bridgehead atoms. The molecule has 1 aromatic rings. The fourth-order valence-electron chi connectivity index (χ4n) is 3.16. The maximum Gasteiger partial charge on any atom is 0.573 e. The number of Topliss-reactive ketones (excluding diaryl/α,β-unsaturated/α-hetero) is 1. The monoisotopic (exact) mass is 315 g/mol. The first-order valence-corrected chi connectivity index (χ1v) is 7.15. The number of para-hydroxylation sites is 1. The van der Waals surface area contributed by atoms with Gasteiger partial charge in [-0.1, -0.05) is 12.1 Å². The van der Waals surface area contributed by atoms with Gasteiger partial charge in [0, 0.05) is 18.0 Å². The second-order valence-corrected chi connectivity index (χ2v) is 5.67. The van der Waals surface area contributed by atoms with E-state index < -0.39 is 12.1 Å². The molecule has 2 saturated heterocycles. The van der Waals surface area contributed by atoms with Gasteiger partial charge in [0.1, 0.15) is 5.75 Å². The quantitative estimate of drug-likeness (QED) is 0.871. The number of benzene rings is 1. The molecule has 2 aliphatic rings. The van der Waals surface area contributed by atoms with Crippen LogP contribution in [-0.4, -0.2) is 37.4 Å². The summed E-state index contributed by atoms with van der Waals surface area (Å²) in [5.41, 5.74) is -0.00860. The van der Waals surface area contributed by atoms with Gasteiger partial charge in [0.2, 0.25) is 0 Å². The summed E-state index contributed by atoms with van der Waals surface area (Å²) in [4.78, 5) is 12.6. The highest BCUT2D eigenvalue weighted by molar-refractivity contribution is 6.00. The fraction of sp³-hybridized carbons (Fsp3) is 0.533.